The molecular formula is C17H20ClN5O. The van der Waals surface area contributed by atoms with Gasteiger partial charge in [-0.2, -0.15) is 0 Å². The van der Waals surface area contributed by atoms with Gasteiger partial charge in [0, 0.05) is 32.4 Å². The minimum atomic E-state index is -0.0647. The summed E-state index contributed by atoms with van der Waals surface area (Å²) in [6.07, 6.45) is 1.70. The highest BCUT2D eigenvalue weighted by molar-refractivity contribution is 6.33. The van der Waals surface area contributed by atoms with Gasteiger partial charge in [0.05, 0.1) is 22.9 Å². The number of nitrogens with one attached hydrogen (secondary N) is 1. The fraction of sp³-hybridized carbons (Fsp3) is 0.353. The molecule has 6 nitrogen and oxygen atoms in total. The first-order valence-corrected chi connectivity index (χ1v) is 8.32. The molecule has 0 bridgehead atoms. The number of benzene rings is 1. The molecule has 3 rings (SSSR count). The van der Waals surface area contributed by atoms with Gasteiger partial charge in [-0.05, 0) is 25.1 Å². The maximum atomic E-state index is 12.3. The van der Waals surface area contributed by atoms with E-state index in [1.54, 1.807) is 6.20 Å². The molecule has 1 aliphatic rings. The van der Waals surface area contributed by atoms with Crippen LogP contribution in [0, 0.1) is 6.92 Å². The number of amides is 2. The summed E-state index contributed by atoms with van der Waals surface area (Å²) < 4.78 is 0. The zero-order valence-electron chi connectivity index (χ0n) is 13.6. The highest BCUT2D eigenvalue weighted by Gasteiger charge is 2.22. The second kappa shape index (κ2) is 7.49. The van der Waals surface area contributed by atoms with Crippen molar-refractivity contribution < 1.29 is 4.79 Å². The number of para-hydroxylation sites is 1. The van der Waals surface area contributed by atoms with Crippen LogP contribution in [0.2, 0.25) is 5.02 Å². The van der Waals surface area contributed by atoms with Gasteiger partial charge < -0.3 is 15.1 Å². The number of carbonyl (C=O) groups excluding carboxylic acids is 1. The Morgan fingerprint density at radius 1 is 1.21 bits per heavy atom. The zero-order valence-corrected chi connectivity index (χ0v) is 14.3. The SMILES string of the molecule is Cc1nccc(CNC(=O)N2CCN(c3ccccc3Cl)CC2)n1. The summed E-state index contributed by atoms with van der Waals surface area (Å²) in [5.74, 6) is 0.704. The predicted octanol–water partition coefficient (Wildman–Crippen LogP) is 2.47. The number of carbonyl (C=O) groups is 1. The van der Waals surface area contributed by atoms with Crippen molar-refractivity contribution in [3.8, 4) is 0 Å². The van der Waals surface area contributed by atoms with E-state index in [0.29, 0.717) is 25.5 Å². The first kappa shape index (κ1) is 16.5. The van der Waals surface area contributed by atoms with Gasteiger partial charge in [0.1, 0.15) is 5.82 Å². The average Bonchev–Trinajstić information content (AvgIpc) is 2.60. The molecule has 1 aliphatic heterocycles. The molecule has 0 saturated carbocycles. The lowest BCUT2D eigenvalue weighted by atomic mass is 10.2. The fourth-order valence-corrected chi connectivity index (χ4v) is 3.00. The van der Waals surface area contributed by atoms with E-state index in [0.717, 1.165) is 29.5 Å². The number of anilines is 1. The van der Waals surface area contributed by atoms with Gasteiger partial charge in [0.2, 0.25) is 0 Å². The standard InChI is InChI=1S/C17H20ClN5O/c1-13-19-7-6-14(21-13)12-20-17(24)23-10-8-22(9-11-23)16-5-3-2-4-15(16)18/h2-7H,8-12H2,1H3,(H,20,24). The van der Waals surface area contributed by atoms with Gasteiger partial charge in [-0.15, -0.1) is 0 Å². The van der Waals surface area contributed by atoms with E-state index < -0.39 is 0 Å². The summed E-state index contributed by atoms with van der Waals surface area (Å²) >= 11 is 6.24. The normalized spacial score (nSPS) is 14.6. The number of piperazine rings is 1. The molecule has 24 heavy (non-hydrogen) atoms. The molecule has 0 aliphatic carbocycles. The molecule has 126 valence electrons. The van der Waals surface area contributed by atoms with Gasteiger partial charge >= 0.3 is 6.03 Å². The van der Waals surface area contributed by atoms with Crippen molar-refractivity contribution in [1.29, 1.82) is 0 Å². The maximum Gasteiger partial charge on any atom is 0.317 e. The highest BCUT2D eigenvalue weighted by Crippen LogP contribution is 2.25. The lowest BCUT2D eigenvalue weighted by Gasteiger charge is -2.36. The van der Waals surface area contributed by atoms with E-state index in [1.807, 2.05) is 42.2 Å². The first-order chi connectivity index (χ1) is 11.6. The van der Waals surface area contributed by atoms with E-state index >= 15 is 0 Å². The minimum absolute atomic E-state index is 0.0647. The van der Waals surface area contributed by atoms with Crippen LogP contribution in [0.5, 0.6) is 0 Å². The second-order valence-electron chi connectivity index (χ2n) is 5.68. The van der Waals surface area contributed by atoms with E-state index in [2.05, 4.69) is 20.2 Å². The third-order valence-corrected chi connectivity index (χ3v) is 4.33. The largest absolute Gasteiger partial charge is 0.367 e. The number of aromatic nitrogens is 2. The average molecular weight is 346 g/mol. The Morgan fingerprint density at radius 2 is 1.96 bits per heavy atom. The van der Waals surface area contributed by atoms with Crippen LogP contribution in [0.4, 0.5) is 10.5 Å². The number of rotatable bonds is 3. The summed E-state index contributed by atoms with van der Waals surface area (Å²) in [5, 5.41) is 3.66. The monoisotopic (exact) mass is 345 g/mol. The van der Waals surface area contributed by atoms with Crippen molar-refractivity contribution in [1.82, 2.24) is 20.2 Å². The summed E-state index contributed by atoms with van der Waals surface area (Å²) in [5.41, 5.74) is 1.83. The number of nitrogens with zero attached hydrogens (tertiary/aromatic N) is 4. The van der Waals surface area contributed by atoms with Crippen LogP contribution < -0.4 is 10.2 Å². The van der Waals surface area contributed by atoms with Gasteiger partial charge in [0.15, 0.2) is 0 Å². The van der Waals surface area contributed by atoms with E-state index in [-0.39, 0.29) is 6.03 Å². The molecule has 2 heterocycles. The van der Waals surface area contributed by atoms with Gasteiger partial charge in [-0.1, -0.05) is 23.7 Å². The van der Waals surface area contributed by atoms with Crippen molar-refractivity contribution in [2.75, 3.05) is 31.1 Å². The van der Waals surface area contributed by atoms with Crippen molar-refractivity contribution in [3.05, 3.63) is 53.1 Å². The molecule has 0 atom stereocenters. The Bertz CT molecular complexity index is 716. The molecule has 1 saturated heterocycles. The molecule has 1 fully saturated rings. The quantitative estimate of drug-likeness (QED) is 0.928. The lowest BCUT2D eigenvalue weighted by Crippen LogP contribution is -2.51. The molecule has 7 heteroatoms. The molecule has 2 aromatic rings. The molecule has 2 amide bonds. The minimum Gasteiger partial charge on any atom is -0.367 e. The Labute approximate surface area is 146 Å². The van der Waals surface area contributed by atoms with Crippen LogP contribution in [0.15, 0.2) is 36.5 Å². The molecule has 0 spiro atoms. The smallest absolute Gasteiger partial charge is 0.317 e. The fourth-order valence-electron chi connectivity index (χ4n) is 2.74. The van der Waals surface area contributed by atoms with Crippen molar-refractivity contribution >= 4 is 23.3 Å². The lowest BCUT2D eigenvalue weighted by molar-refractivity contribution is 0.194. The Hall–Kier alpha value is -2.34. The number of halogens is 1. The third-order valence-electron chi connectivity index (χ3n) is 4.01. The molecule has 1 N–H and O–H groups in total. The van der Waals surface area contributed by atoms with E-state index in [1.165, 1.54) is 0 Å². The molecule has 1 aromatic heterocycles. The third kappa shape index (κ3) is 3.94. The maximum absolute atomic E-state index is 12.3. The molecular weight excluding hydrogens is 326 g/mol. The van der Waals surface area contributed by atoms with Crippen LogP contribution in [-0.2, 0) is 6.54 Å². The summed E-state index contributed by atoms with van der Waals surface area (Å²) in [4.78, 5) is 24.7. The Balaban J connectivity index is 1.51. The van der Waals surface area contributed by atoms with Gasteiger partial charge in [0.25, 0.3) is 0 Å². The van der Waals surface area contributed by atoms with Gasteiger partial charge in [-0.25, -0.2) is 14.8 Å². The first-order valence-electron chi connectivity index (χ1n) is 7.94. The number of hydrogen-bond acceptors (Lipinski definition) is 4. The summed E-state index contributed by atoms with van der Waals surface area (Å²) in [6.45, 7) is 5.11. The number of aryl methyl sites for hydroxylation is 1. The topological polar surface area (TPSA) is 61.4 Å². The second-order valence-corrected chi connectivity index (χ2v) is 6.09. The van der Waals surface area contributed by atoms with Crippen molar-refractivity contribution in [2.45, 2.75) is 13.5 Å². The Kier molecular flexibility index (Phi) is 5.15. The molecule has 0 radical (unpaired) electrons. The van der Waals surface area contributed by atoms with Crippen LogP contribution >= 0.6 is 11.6 Å². The number of urea groups is 1. The van der Waals surface area contributed by atoms with E-state index in [4.69, 9.17) is 11.6 Å². The highest BCUT2D eigenvalue weighted by atomic mass is 35.5. The van der Waals surface area contributed by atoms with Crippen molar-refractivity contribution in [3.63, 3.8) is 0 Å². The summed E-state index contributed by atoms with van der Waals surface area (Å²) in [7, 11) is 0. The van der Waals surface area contributed by atoms with Crippen LogP contribution in [0.3, 0.4) is 0 Å². The van der Waals surface area contributed by atoms with Gasteiger partial charge in [-0.3, -0.25) is 0 Å². The van der Waals surface area contributed by atoms with E-state index in [9.17, 15) is 4.79 Å². The molecule has 1 aromatic carbocycles. The van der Waals surface area contributed by atoms with Crippen LogP contribution in [0.1, 0.15) is 11.5 Å². The summed E-state index contributed by atoms with van der Waals surface area (Å²) in [6, 6.07) is 9.54. The number of hydrogen-bond donors (Lipinski definition) is 1. The molecule has 0 unspecified atom stereocenters. The Morgan fingerprint density at radius 3 is 2.67 bits per heavy atom. The van der Waals surface area contributed by atoms with Crippen LogP contribution in [-0.4, -0.2) is 47.1 Å². The van der Waals surface area contributed by atoms with Crippen LogP contribution in [0.25, 0.3) is 0 Å². The zero-order chi connectivity index (χ0) is 16.9. The predicted molar refractivity (Wildman–Crippen MR) is 94.2 cm³/mol. The van der Waals surface area contributed by atoms with Crippen molar-refractivity contribution in [2.24, 2.45) is 0 Å².